The number of ether oxygens (including phenoxy) is 1. The number of carboxylic acids is 1. The molecule has 0 radical (unpaired) electrons. The van der Waals surface area contributed by atoms with Crippen molar-refractivity contribution in [3.63, 3.8) is 0 Å². The van der Waals surface area contributed by atoms with Crippen molar-refractivity contribution in [1.29, 1.82) is 0 Å². The highest BCUT2D eigenvalue weighted by Gasteiger charge is 2.43. The molecule has 114 valence electrons. The van der Waals surface area contributed by atoms with Crippen LogP contribution in [0.3, 0.4) is 0 Å². The average molecular weight is 283 g/mol. The number of hydrogen-bond donors (Lipinski definition) is 2. The Morgan fingerprint density at radius 3 is 2.15 bits per heavy atom. The summed E-state index contributed by atoms with van der Waals surface area (Å²) < 4.78 is 5.31. The number of carboxylic acid groups (broad SMARTS) is 1. The van der Waals surface area contributed by atoms with Crippen molar-refractivity contribution < 1.29 is 19.4 Å². The molecule has 5 heteroatoms. The van der Waals surface area contributed by atoms with Crippen LogP contribution in [0.4, 0.5) is 4.79 Å². The molecule has 0 spiro atoms. The fourth-order valence-corrected chi connectivity index (χ4v) is 3.62. The van der Waals surface area contributed by atoms with Crippen molar-refractivity contribution in [3.8, 4) is 0 Å². The van der Waals surface area contributed by atoms with E-state index in [1.165, 1.54) is 0 Å². The van der Waals surface area contributed by atoms with Crippen LogP contribution in [0.5, 0.6) is 0 Å². The van der Waals surface area contributed by atoms with Gasteiger partial charge in [0.15, 0.2) is 0 Å². The summed E-state index contributed by atoms with van der Waals surface area (Å²) in [5.41, 5.74) is -0.503. The van der Waals surface area contributed by atoms with Crippen molar-refractivity contribution in [2.24, 2.45) is 17.8 Å². The molecule has 0 aliphatic heterocycles. The van der Waals surface area contributed by atoms with E-state index >= 15 is 0 Å². The van der Waals surface area contributed by atoms with Gasteiger partial charge in [0.2, 0.25) is 0 Å². The van der Waals surface area contributed by atoms with Crippen LogP contribution in [0, 0.1) is 17.8 Å². The van der Waals surface area contributed by atoms with Crippen LogP contribution >= 0.6 is 0 Å². The third kappa shape index (κ3) is 3.64. The van der Waals surface area contributed by atoms with E-state index in [2.05, 4.69) is 5.32 Å². The maximum atomic E-state index is 11.9. The Morgan fingerprint density at radius 1 is 1.15 bits per heavy atom. The molecule has 2 aliphatic rings. The summed E-state index contributed by atoms with van der Waals surface area (Å²) in [5, 5.41) is 12.2. The Bertz CT molecular complexity index is 374. The fraction of sp³-hybridized carbons (Fsp3) is 0.867. The van der Waals surface area contributed by atoms with E-state index in [0.29, 0.717) is 12.8 Å². The summed E-state index contributed by atoms with van der Waals surface area (Å²) in [4.78, 5) is 23.1. The zero-order valence-electron chi connectivity index (χ0n) is 12.5. The smallest absolute Gasteiger partial charge is 0.407 e. The first-order valence-electron chi connectivity index (χ1n) is 7.48. The summed E-state index contributed by atoms with van der Waals surface area (Å²) in [6, 6.07) is 0.0780. The lowest BCUT2D eigenvalue weighted by atomic mass is 9.65. The molecular formula is C15H25NO4. The van der Waals surface area contributed by atoms with E-state index in [1.54, 1.807) is 0 Å². The van der Waals surface area contributed by atoms with E-state index < -0.39 is 11.6 Å². The van der Waals surface area contributed by atoms with Crippen LogP contribution in [0.25, 0.3) is 0 Å². The standard InChI is InChI=1S/C15H25NO4/c1-15(2,3)20-14(19)16-12-9-5-4-6-10(12)8-11(7-9)13(17)18/h9-12H,4-8H2,1-3H3,(H,16,19)(H,17,18)/t9-,10-,11?,12?/m0/s1. The number of carbonyl (C=O) groups is 2. The SMILES string of the molecule is CC(C)(C)OC(=O)NC1[C@H]2CCC[C@H]1CC(C(=O)O)C2. The normalized spacial score (nSPS) is 33.4. The third-order valence-electron chi connectivity index (χ3n) is 4.37. The molecule has 0 saturated heterocycles. The molecule has 0 aromatic carbocycles. The van der Waals surface area contributed by atoms with Gasteiger partial charge in [-0.3, -0.25) is 4.79 Å². The minimum absolute atomic E-state index is 0.0780. The molecule has 2 aliphatic carbocycles. The molecule has 0 aromatic rings. The molecular weight excluding hydrogens is 258 g/mol. The van der Waals surface area contributed by atoms with Gasteiger partial charge >= 0.3 is 12.1 Å². The second-order valence-corrected chi connectivity index (χ2v) is 7.13. The van der Waals surface area contributed by atoms with Gasteiger partial charge in [-0.25, -0.2) is 4.79 Å². The van der Waals surface area contributed by atoms with Crippen LogP contribution in [-0.2, 0) is 9.53 Å². The first-order chi connectivity index (χ1) is 9.26. The monoisotopic (exact) mass is 283 g/mol. The second-order valence-electron chi connectivity index (χ2n) is 7.13. The van der Waals surface area contributed by atoms with Crippen molar-refractivity contribution in [2.45, 2.75) is 64.5 Å². The molecule has 2 atom stereocenters. The van der Waals surface area contributed by atoms with Crippen molar-refractivity contribution >= 4 is 12.1 Å². The molecule has 1 amide bonds. The minimum atomic E-state index is -0.697. The summed E-state index contributed by atoms with van der Waals surface area (Å²) in [5.74, 6) is -0.396. The zero-order chi connectivity index (χ0) is 14.9. The van der Waals surface area contributed by atoms with Gasteiger partial charge in [-0.05, 0) is 58.3 Å². The molecule has 20 heavy (non-hydrogen) atoms. The molecule has 5 nitrogen and oxygen atoms in total. The fourth-order valence-electron chi connectivity index (χ4n) is 3.62. The van der Waals surface area contributed by atoms with Crippen LogP contribution in [0.15, 0.2) is 0 Å². The first-order valence-corrected chi connectivity index (χ1v) is 7.48. The van der Waals surface area contributed by atoms with Gasteiger partial charge in [0, 0.05) is 6.04 Å². The Morgan fingerprint density at radius 2 is 1.70 bits per heavy atom. The lowest BCUT2D eigenvalue weighted by molar-refractivity contribution is -0.145. The predicted octanol–water partition coefficient (Wildman–Crippen LogP) is 2.79. The highest BCUT2D eigenvalue weighted by Crippen LogP contribution is 2.43. The molecule has 2 rings (SSSR count). The highest BCUT2D eigenvalue weighted by atomic mass is 16.6. The van der Waals surface area contributed by atoms with Crippen LogP contribution in [-0.4, -0.2) is 28.8 Å². The number of fused-ring (bicyclic) bond motifs is 2. The van der Waals surface area contributed by atoms with Crippen molar-refractivity contribution in [3.05, 3.63) is 0 Å². The van der Waals surface area contributed by atoms with Gasteiger partial charge in [0.1, 0.15) is 5.60 Å². The first kappa shape index (κ1) is 15.1. The topological polar surface area (TPSA) is 75.6 Å². The molecule has 0 aromatic heterocycles. The molecule has 0 heterocycles. The Hall–Kier alpha value is -1.26. The molecule has 2 fully saturated rings. The van der Waals surface area contributed by atoms with E-state index in [-0.39, 0.29) is 29.9 Å². The quantitative estimate of drug-likeness (QED) is 0.817. The number of rotatable bonds is 2. The summed E-state index contributed by atoms with van der Waals surface area (Å²) in [6.45, 7) is 5.53. The summed E-state index contributed by atoms with van der Waals surface area (Å²) in [6.07, 6.45) is 4.10. The van der Waals surface area contributed by atoms with Crippen LogP contribution < -0.4 is 5.32 Å². The van der Waals surface area contributed by atoms with Gasteiger partial charge in [-0.1, -0.05) is 6.42 Å². The zero-order valence-corrected chi connectivity index (χ0v) is 12.5. The highest BCUT2D eigenvalue weighted by molar-refractivity contribution is 5.71. The predicted molar refractivity (Wildman–Crippen MR) is 74.3 cm³/mol. The maximum absolute atomic E-state index is 11.9. The van der Waals surface area contributed by atoms with Crippen molar-refractivity contribution in [1.82, 2.24) is 5.32 Å². The van der Waals surface area contributed by atoms with E-state index in [4.69, 9.17) is 4.74 Å². The van der Waals surface area contributed by atoms with Gasteiger partial charge in [-0.15, -0.1) is 0 Å². The molecule has 2 bridgehead atoms. The lowest BCUT2D eigenvalue weighted by Gasteiger charge is -2.45. The van der Waals surface area contributed by atoms with Crippen LogP contribution in [0.2, 0.25) is 0 Å². The maximum Gasteiger partial charge on any atom is 0.407 e. The number of aliphatic carboxylic acids is 1. The summed E-state index contributed by atoms with van der Waals surface area (Å²) >= 11 is 0. The molecule has 2 saturated carbocycles. The Balaban J connectivity index is 1.98. The number of alkyl carbamates (subject to hydrolysis) is 1. The number of nitrogens with one attached hydrogen (secondary N) is 1. The van der Waals surface area contributed by atoms with Crippen LogP contribution in [0.1, 0.15) is 52.9 Å². The Labute approximate surface area is 120 Å². The van der Waals surface area contributed by atoms with Gasteiger partial charge in [-0.2, -0.15) is 0 Å². The van der Waals surface area contributed by atoms with Gasteiger partial charge < -0.3 is 15.2 Å². The summed E-state index contributed by atoms with van der Waals surface area (Å²) in [7, 11) is 0. The minimum Gasteiger partial charge on any atom is -0.481 e. The number of carbonyl (C=O) groups excluding carboxylic acids is 1. The average Bonchev–Trinajstić information content (AvgIpc) is 2.24. The van der Waals surface area contributed by atoms with E-state index in [9.17, 15) is 14.7 Å². The van der Waals surface area contributed by atoms with E-state index in [1.807, 2.05) is 20.8 Å². The number of hydrogen-bond acceptors (Lipinski definition) is 3. The third-order valence-corrected chi connectivity index (χ3v) is 4.37. The lowest BCUT2D eigenvalue weighted by Crippen LogP contribution is -2.53. The number of amides is 1. The van der Waals surface area contributed by atoms with Crippen molar-refractivity contribution in [2.75, 3.05) is 0 Å². The van der Waals surface area contributed by atoms with Gasteiger partial charge in [0.25, 0.3) is 0 Å². The largest absolute Gasteiger partial charge is 0.481 e. The second kappa shape index (κ2) is 5.62. The molecule has 2 N–H and O–H groups in total. The van der Waals surface area contributed by atoms with E-state index in [0.717, 1.165) is 19.3 Å². The van der Waals surface area contributed by atoms with Gasteiger partial charge in [0.05, 0.1) is 5.92 Å². The molecule has 0 unspecified atom stereocenters. The Kier molecular flexibility index (Phi) is 4.25.